The van der Waals surface area contributed by atoms with Crippen LogP contribution in [0.1, 0.15) is 64.7 Å². The number of rotatable bonds is 5. The van der Waals surface area contributed by atoms with E-state index in [2.05, 4.69) is 25.8 Å². The molecule has 1 heterocycles. The number of ketones is 1. The van der Waals surface area contributed by atoms with Gasteiger partial charge < -0.3 is 4.74 Å². The van der Waals surface area contributed by atoms with E-state index in [0.717, 1.165) is 12.8 Å². The lowest BCUT2D eigenvalue weighted by Crippen LogP contribution is -2.20. The molecule has 1 aromatic rings. The third-order valence-corrected chi connectivity index (χ3v) is 3.00. The maximum atomic E-state index is 12.1. The molecule has 112 valence electrons. The molecule has 0 fully saturated rings. The highest BCUT2D eigenvalue weighted by atomic mass is 16.5. The molecular weight excluding hydrogens is 250 g/mol. The highest BCUT2D eigenvalue weighted by molar-refractivity contribution is 5.99. The SMILES string of the molecule is CC(C)(C)CCCOc1ccc(C(=O)C(C)(C)C)cn1. The molecule has 0 spiro atoms. The van der Waals surface area contributed by atoms with Gasteiger partial charge in [-0.15, -0.1) is 0 Å². The fraction of sp³-hybridized carbons (Fsp3) is 0.647. The number of carbonyl (C=O) groups excluding carboxylic acids is 1. The number of nitrogens with zero attached hydrogens (tertiary/aromatic N) is 1. The Kier molecular flexibility index (Phi) is 5.32. The normalized spacial score (nSPS) is 12.3. The second-order valence-electron chi connectivity index (χ2n) is 7.48. The van der Waals surface area contributed by atoms with Gasteiger partial charge in [-0.3, -0.25) is 4.79 Å². The number of aromatic nitrogens is 1. The van der Waals surface area contributed by atoms with Gasteiger partial charge in [0.15, 0.2) is 5.78 Å². The summed E-state index contributed by atoms with van der Waals surface area (Å²) in [5.74, 6) is 0.689. The van der Waals surface area contributed by atoms with Gasteiger partial charge in [-0.1, -0.05) is 41.5 Å². The fourth-order valence-corrected chi connectivity index (χ4v) is 1.81. The Morgan fingerprint density at radius 1 is 1.15 bits per heavy atom. The zero-order valence-electron chi connectivity index (χ0n) is 13.6. The lowest BCUT2D eigenvalue weighted by atomic mass is 9.87. The first-order valence-corrected chi connectivity index (χ1v) is 7.23. The molecule has 0 amide bonds. The van der Waals surface area contributed by atoms with Crippen molar-refractivity contribution in [1.29, 1.82) is 0 Å². The molecule has 0 aliphatic carbocycles. The average molecular weight is 277 g/mol. The van der Waals surface area contributed by atoms with Gasteiger partial charge in [0.1, 0.15) is 0 Å². The molecule has 0 aliphatic rings. The van der Waals surface area contributed by atoms with Crippen LogP contribution in [-0.4, -0.2) is 17.4 Å². The molecule has 0 bridgehead atoms. The van der Waals surface area contributed by atoms with Crippen molar-refractivity contribution in [2.24, 2.45) is 10.8 Å². The van der Waals surface area contributed by atoms with Crippen molar-refractivity contribution in [3.8, 4) is 5.88 Å². The second-order valence-corrected chi connectivity index (χ2v) is 7.48. The second kappa shape index (κ2) is 6.38. The van der Waals surface area contributed by atoms with Gasteiger partial charge >= 0.3 is 0 Å². The molecule has 0 aliphatic heterocycles. The number of Topliss-reactive ketones (excluding diaryl/α,β-unsaturated/α-hetero) is 1. The van der Waals surface area contributed by atoms with Crippen molar-refractivity contribution in [2.75, 3.05) is 6.61 Å². The van der Waals surface area contributed by atoms with E-state index < -0.39 is 0 Å². The zero-order chi connectivity index (χ0) is 15.4. The third-order valence-electron chi connectivity index (χ3n) is 3.00. The molecule has 0 unspecified atom stereocenters. The highest BCUT2D eigenvalue weighted by Gasteiger charge is 2.23. The van der Waals surface area contributed by atoms with Crippen LogP contribution in [0.25, 0.3) is 0 Å². The Morgan fingerprint density at radius 3 is 2.25 bits per heavy atom. The van der Waals surface area contributed by atoms with Crippen molar-refractivity contribution < 1.29 is 9.53 Å². The first kappa shape index (κ1) is 16.7. The summed E-state index contributed by atoms with van der Waals surface area (Å²) in [5.41, 5.74) is 0.593. The number of pyridine rings is 1. The van der Waals surface area contributed by atoms with E-state index in [4.69, 9.17) is 4.74 Å². The summed E-state index contributed by atoms with van der Waals surface area (Å²) in [6.07, 6.45) is 3.73. The minimum Gasteiger partial charge on any atom is -0.478 e. The third kappa shape index (κ3) is 5.72. The predicted molar refractivity (Wildman–Crippen MR) is 82.2 cm³/mol. The van der Waals surface area contributed by atoms with Crippen LogP contribution in [0.2, 0.25) is 0 Å². The Labute approximate surface area is 122 Å². The van der Waals surface area contributed by atoms with Crippen LogP contribution in [0, 0.1) is 10.8 Å². The molecule has 20 heavy (non-hydrogen) atoms. The summed E-state index contributed by atoms with van der Waals surface area (Å²) in [6, 6.07) is 3.57. The van der Waals surface area contributed by atoms with E-state index >= 15 is 0 Å². The van der Waals surface area contributed by atoms with Gasteiger partial charge in [-0.05, 0) is 24.3 Å². The summed E-state index contributed by atoms with van der Waals surface area (Å²) in [6.45, 7) is 13.1. The first-order valence-electron chi connectivity index (χ1n) is 7.23. The predicted octanol–water partition coefficient (Wildman–Crippen LogP) is 4.52. The standard InChI is InChI=1S/C17H27NO2/c1-16(2,3)10-7-11-20-14-9-8-13(12-18-14)15(19)17(4,5)6/h8-9,12H,7,10-11H2,1-6H3. The van der Waals surface area contributed by atoms with E-state index in [9.17, 15) is 4.79 Å². The summed E-state index contributed by atoms with van der Waals surface area (Å²) in [4.78, 5) is 16.3. The molecule has 0 radical (unpaired) electrons. The summed E-state index contributed by atoms with van der Waals surface area (Å²) in [5, 5.41) is 0. The van der Waals surface area contributed by atoms with E-state index in [-0.39, 0.29) is 11.2 Å². The fourth-order valence-electron chi connectivity index (χ4n) is 1.81. The van der Waals surface area contributed by atoms with Crippen LogP contribution in [0.5, 0.6) is 5.88 Å². The molecule has 1 rings (SSSR count). The molecule has 0 N–H and O–H groups in total. The largest absolute Gasteiger partial charge is 0.478 e. The maximum Gasteiger partial charge on any atom is 0.213 e. The van der Waals surface area contributed by atoms with Gasteiger partial charge in [-0.2, -0.15) is 0 Å². The first-order chi connectivity index (χ1) is 9.09. The topological polar surface area (TPSA) is 39.2 Å². The maximum absolute atomic E-state index is 12.1. The Morgan fingerprint density at radius 2 is 1.80 bits per heavy atom. The average Bonchev–Trinajstić information content (AvgIpc) is 2.32. The number of hydrogen-bond acceptors (Lipinski definition) is 3. The molecule has 3 nitrogen and oxygen atoms in total. The molecule has 3 heteroatoms. The van der Waals surface area contributed by atoms with Crippen LogP contribution >= 0.6 is 0 Å². The van der Waals surface area contributed by atoms with Gasteiger partial charge in [0, 0.05) is 23.2 Å². The molecular formula is C17H27NO2. The van der Waals surface area contributed by atoms with Crippen molar-refractivity contribution >= 4 is 5.78 Å². The van der Waals surface area contributed by atoms with Crippen molar-refractivity contribution in [1.82, 2.24) is 4.98 Å². The summed E-state index contributed by atoms with van der Waals surface area (Å²) < 4.78 is 5.60. The summed E-state index contributed by atoms with van der Waals surface area (Å²) >= 11 is 0. The van der Waals surface area contributed by atoms with Crippen LogP contribution in [-0.2, 0) is 0 Å². The summed E-state index contributed by atoms with van der Waals surface area (Å²) in [7, 11) is 0. The Balaban J connectivity index is 2.49. The molecule has 0 saturated heterocycles. The van der Waals surface area contributed by atoms with Gasteiger partial charge in [0.25, 0.3) is 0 Å². The van der Waals surface area contributed by atoms with Crippen LogP contribution in [0.4, 0.5) is 0 Å². The van der Waals surface area contributed by atoms with Crippen molar-refractivity contribution in [3.05, 3.63) is 23.9 Å². The van der Waals surface area contributed by atoms with E-state index in [1.54, 1.807) is 18.3 Å². The Bertz CT molecular complexity index is 436. The van der Waals surface area contributed by atoms with Crippen LogP contribution < -0.4 is 4.74 Å². The van der Waals surface area contributed by atoms with Gasteiger partial charge in [-0.25, -0.2) is 4.98 Å². The molecule has 0 aromatic carbocycles. The smallest absolute Gasteiger partial charge is 0.213 e. The van der Waals surface area contributed by atoms with Gasteiger partial charge in [0.05, 0.1) is 6.61 Å². The molecule has 1 aromatic heterocycles. The molecule has 0 atom stereocenters. The number of carbonyl (C=O) groups is 1. The monoisotopic (exact) mass is 277 g/mol. The number of hydrogen-bond donors (Lipinski definition) is 0. The quantitative estimate of drug-likeness (QED) is 0.587. The van der Waals surface area contributed by atoms with Crippen molar-refractivity contribution in [2.45, 2.75) is 54.4 Å². The van der Waals surface area contributed by atoms with Gasteiger partial charge in [0.2, 0.25) is 5.88 Å². The minimum atomic E-state index is -0.378. The van der Waals surface area contributed by atoms with Crippen LogP contribution in [0.3, 0.4) is 0 Å². The van der Waals surface area contributed by atoms with E-state index in [0.29, 0.717) is 23.5 Å². The lowest BCUT2D eigenvalue weighted by Gasteiger charge is -2.18. The number of ether oxygens (including phenoxy) is 1. The highest BCUT2D eigenvalue weighted by Crippen LogP contribution is 2.22. The van der Waals surface area contributed by atoms with Crippen LogP contribution in [0.15, 0.2) is 18.3 Å². The van der Waals surface area contributed by atoms with Crippen molar-refractivity contribution in [3.63, 3.8) is 0 Å². The van der Waals surface area contributed by atoms with E-state index in [1.807, 2.05) is 20.8 Å². The zero-order valence-corrected chi connectivity index (χ0v) is 13.6. The Hall–Kier alpha value is -1.38. The lowest BCUT2D eigenvalue weighted by molar-refractivity contribution is 0.0858. The minimum absolute atomic E-state index is 0.101. The van der Waals surface area contributed by atoms with E-state index in [1.165, 1.54) is 0 Å². The molecule has 0 saturated carbocycles.